The highest BCUT2D eigenvalue weighted by Crippen LogP contribution is 2.54. The van der Waals surface area contributed by atoms with E-state index in [1.165, 1.54) is 0 Å². The van der Waals surface area contributed by atoms with E-state index >= 15 is 4.57 Å². The van der Waals surface area contributed by atoms with Gasteiger partial charge in [-0.05, 0) is 29.3 Å². The topological polar surface area (TPSA) is 26.4 Å². The molecule has 6 aromatic rings. The molecule has 1 unspecified atom stereocenters. The van der Waals surface area contributed by atoms with Crippen LogP contribution < -0.4 is 15.9 Å². The van der Waals surface area contributed by atoms with Crippen LogP contribution in [0, 0.1) is 6.57 Å². The van der Waals surface area contributed by atoms with Crippen LogP contribution in [-0.4, -0.2) is 4.57 Å². The Hall–Kier alpha value is -4.38. The Kier molecular flexibility index (Phi) is 4.18. The number of fused-ring (bicyclic) bond motifs is 7. The molecule has 0 radical (unpaired) electrons. The lowest BCUT2D eigenvalue weighted by atomic mass is 10.0. The van der Waals surface area contributed by atoms with Crippen molar-refractivity contribution in [3.05, 3.63) is 127 Å². The Bertz CT molecular complexity index is 1880. The van der Waals surface area contributed by atoms with Gasteiger partial charge in [0.1, 0.15) is 0 Å². The first kappa shape index (κ1) is 20.0. The van der Waals surface area contributed by atoms with Crippen LogP contribution in [-0.2, 0) is 4.57 Å². The third kappa shape index (κ3) is 2.63. The molecule has 0 saturated heterocycles. The lowest BCUT2D eigenvalue weighted by Crippen LogP contribution is -2.22. The van der Waals surface area contributed by atoms with Gasteiger partial charge in [0.25, 0.3) is 0 Å². The molecular weight excluding hydrogens is 447 g/mol. The molecule has 1 aromatic heterocycles. The molecule has 0 spiro atoms. The van der Waals surface area contributed by atoms with Crippen LogP contribution in [0.3, 0.4) is 0 Å². The second-order valence-corrected chi connectivity index (χ2v) is 11.5. The van der Waals surface area contributed by atoms with Crippen molar-refractivity contribution >= 4 is 50.5 Å². The summed E-state index contributed by atoms with van der Waals surface area (Å²) in [6.45, 7) is 7.35. The van der Waals surface area contributed by atoms with Gasteiger partial charge in [0.2, 0.25) is 0 Å². The number of hydrogen-bond donors (Lipinski definition) is 0. The van der Waals surface area contributed by atoms with Gasteiger partial charge in [-0.2, -0.15) is 0 Å². The number of para-hydroxylation sites is 1. The zero-order valence-corrected chi connectivity index (χ0v) is 19.6. The molecule has 1 aliphatic heterocycles. The van der Waals surface area contributed by atoms with Crippen LogP contribution in [0.1, 0.15) is 0 Å². The molecule has 0 saturated carbocycles. The monoisotopic (exact) mass is 466 g/mol. The minimum Gasteiger partial charge on any atom is -0.309 e. The molecule has 35 heavy (non-hydrogen) atoms. The second-order valence-electron chi connectivity index (χ2n) is 8.80. The first-order chi connectivity index (χ1) is 17.2. The number of nitrogens with zero attached hydrogens (tertiary/aromatic N) is 2. The lowest BCUT2D eigenvalue weighted by molar-refractivity contribution is 0.593. The predicted molar refractivity (Wildman–Crippen MR) is 145 cm³/mol. The molecule has 0 aliphatic carbocycles. The van der Waals surface area contributed by atoms with Crippen LogP contribution in [0.5, 0.6) is 0 Å². The van der Waals surface area contributed by atoms with Crippen molar-refractivity contribution in [2.45, 2.75) is 0 Å². The Labute approximate surface area is 203 Å². The van der Waals surface area contributed by atoms with Gasteiger partial charge in [-0.25, -0.2) is 4.85 Å². The summed E-state index contributed by atoms with van der Waals surface area (Å²) in [5, 5.41) is 4.84. The quantitative estimate of drug-likeness (QED) is 0.200. The maximum absolute atomic E-state index is 15.4. The Morgan fingerprint density at radius 1 is 0.657 bits per heavy atom. The molecule has 3 nitrogen and oxygen atoms in total. The van der Waals surface area contributed by atoms with Gasteiger partial charge in [0, 0.05) is 27.1 Å². The Morgan fingerprint density at radius 2 is 1.37 bits per heavy atom. The maximum atomic E-state index is 15.4. The molecule has 7 rings (SSSR count). The molecular formula is C31H19N2OP. The van der Waals surface area contributed by atoms with Crippen molar-refractivity contribution < 1.29 is 4.57 Å². The van der Waals surface area contributed by atoms with Gasteiger partial charge in [-0.3, -0.25) is 0 Å². The van der Waals surface area contributed by atoms with Gasteiger partial charge in [-0.15, -0.1) is 0 Å². The lowest BCUT2D eigenvalue weighted by Gasteiger charge is -2.18. The minimum absolute atomic E-state index is 0.599. The highest BCUT2D eigenvalue weighted by molar-refractivity contribution is 7.86. The van der Waals surface area contributed by atoms with E-state index in [-0.39, 0.29) is 0 Å². The van der Waals surface area contributed by atoms with Crippen LogP contribution in [0.4, 0.5) is 5.69 Å². The number of hydrogen-bond acceptors (Lipinski definition) is 1. The average Bonchev–Trinajstić information content (AvgIpc) is 3.40. The van der Waals surface area contributed by atoms with E-state index in [1.54, 1.807) is 0 Å². The van der Waals surface area contributed by atoms with E-state index in [2.05, 4.69) is 39.7 Å². The summed E-state index contributed by atoms with van der Waals surface area (Å²) in [6, 6.07) is 38.3. The smallest absolute Gasteiger partial charge is 0.187 e. The van der Waals surface area contributed by atoms with Crippen LogP contribution >= 0.6 is 7.14 Å². The summed E-state index contributed by atoms with van der Waals surface area (Å²) in [6.07, 6.45) is 0. The van der Waals surface area contributed by atoms with Crippen molar-refractivity contribution in [3.8, 4) is 16.8 Å². The molecule has 0 bridgehead atoms. The molecule has 1 atom stereocenters. The minimum atomic E-state index is -3.14. The summed E-state index contributed by atoms with van der Waals surface area (Å²) in [7, 11) is -3.14. The van der Waals surface area contributed by atoms with Crippen molar-refractivity contribution in [2.24, 2.45) is 0 Å². The summed E-state index contributed by atoms with van der Waals surface area (Å²) in [5.74, 6) is 0. The Morgan fingerprint density at radius 3 is 2.17 bits per heavy atom. The standard InChI is InChI=1S/C31H19N2OP/c1-32-21-15-17-22(18-16-21)33-28-13-7-5-11-24(28)26-19-20-27-25-12-6-8-14-29(25)35(34,31(27)30(26)33)23-9-3-2-4-10-23/h2-20H. The summed E-state index contributed by atoms with van der Waals surface area (Å²) < 4.78 is 17.6. The zero-order chi connectivity index (χ0) is 23.6. The Balaban J connectivity index is 1.70. The highest BCUT2D eigenvalue weighted by Gasteiger charge is 2.42. The molecule has 0 amide bonds. The molecule has 1 aliphatic rings. The fraction of sp³-hybridized carbons (Fsp3) is 0. The number of benzene rings is 5. The first-order valence-electron chi connectivity index (χ1n) is 11.5. The largest absolute Gasteiger partial charge is 0.309 e. The second kappa shape index (κ2) is 7.31. The van der Waals surface area contributed by atoms with E-state index < -0.39 is 7.14 Å². The predicted octanol–water partition coefficient (Wildman–Crippen LogP) is 6.95. The molecule has 0 N–H and O–H groups in total. The van der Waals surface area contributed by atoms with Gasteiger partial charge in [0.15, 0.2) is 12.8 Å². The fourth-order valence-electron chi connectivity index (χ4n) is 5.52. The zero-order valence-electron chi connectivity index (χ0n) is 18.7. The molecule has 2 heterocycles. The van der Waals surface area contributed by atoms with E-state index in [1.807, 2.05) is 84.9 Å². The van der Waals surface area contributed by atoms with Gasteiger partial charge in [0.05, 0.1) is 22.9 Å². The first-order valence-corrected chi connectivity index (χ1v) is 13.2. The van der Waals surface area contributed by atoms with Crippen molar-refractivity contribution in [1.82, 2.24) is 4.57 Å². The average molecular weight is 466 g/mol. The third-order valence-corrected chi connectivity index (χ3v) is 10.2. The van der Waals surface area contributed by atoms with Crippen LogP contribution in [0.15, 0.2) is 115 Å². The summed E-state index contributed by atoms with van der Waals surface area (Å²) >= 11 is 0. The van der Waals surface area contributed by atoms with Crippen LogP contribution in [0.25, 0.3) is 43.5 Å². The van der Waals surface area contributed by atoms with Gasteiger partial charge in [-0.1, -0.05) is 97.1 Å². The third-order valence-electron chi connectivity index (χ3n) is 7.02. The SMILES string of the molecule is [C-]#[N+]c1ccc(-n2c3ccccc3c3ccc4c(c32)P(=O)(c2ccccc2)c2ccccc2-4)cc1. The normalized spacial score (nSPS) is 16.2. The maximum Gasteiger partial charge on any atom is 0.187 e. The fourth-order valence-corrected chi connectivity index (χ4v) is 8.78. The van der Waals surface area contributed by atoms with E-state index in [0.29, 0.717) is 5.69 Å². The van der Waals surface area contributed by atoms with Gasteiger partial charge >= 0.3 is 0 Å². The van der Waals surface area contributed by atoms with E-state index in [4.69, 9.17) is 6.57 Å². The molecule has 5 aromatic carbocycles. The highest BCUT2D eigenvalue weighted by atomic mass is 31.2. The number of rotatable bonds is 2. The summed E-state index contributed by atoms with van der Waals surface area (Å²) in [5.41, 5.74) is 5.65. The molecule has 4 heteroatoms. The van der Waals surface area contributed by atoms with E-state index in [9.17, 15) is 0 Å². The van der Waals surface area contributed by atoms with E-state index in [0.717, 1.165) is 54.5 Å². The molecule has 0 fully saturated rings. The van der Waals surface area contributed by atoms with Crippen molar-refractivity contribution in [2.75, 3.05) is 0 Å². The number of aromatic nitrogens is 1. The summed E-state index contributed by atoms with van der Waals surface area (Å²) in [4.78, 5) is 3.56. The van der Waals surface area contributed by atoms with Crippen molar-refractivity contribution in [3.63, 3.8) is 0 Å². The van der Waals surface area contributed by atoms with Gasteiger partial charge < -0.3 is 9.13 Å². The van der Waals surface area contributed by atoms with Crippen molar-refractivity contribution in [1.29, 1.82) is 0 Å². The van der Waals surface area contributed by atoms with Crippen LogP contribution in [0.2, 0.25) is 0 Å². The molecule has 164 valence electrons.